The van der Waals surface area contributed by atoms with Crippen molar-refractivity contribution in [3.8, 4) is 0 Å². The largest absolute Gasteiger partial charge is 0.353 e. The Kier molecular flexibility index (Phi) is 10.7. The van der Waals surface area contributed by atoms with E-state index in [1.54, 1.807) is 36.4 Å². The predicted octanol–water partition coefficient (Wildman–Crippen LogP) is 5.53. The van der Waals surface area contributed by atoms with E-state index in [1.165, 1.54) is 0 Å². The summed E-state index contributed by atoms with van der Waals surface area (Å²) in [5.74, 6) is -0.0846. The van der Waals surface area contributed by atoms with Gasteiger partial charge in [0.1, 0.15) is 0 Å². The van der Waals surface area contributed by atoms with E-state index < -0.39 is 0 Å². The van der Waals surface area contributed by atoms with Gasteiger partial charge in [-0.05, 0) is 74.3 Å². The first-order valence-electron chi connectivity index (χ1n) is 11.7. The lowest BCUT2D eigenvalue weighted by Crippen LogP contribution is -2.38. The molecule has 2 aromatic rings. The van der Waals surface area contributed by atoms with Crippen LogP contribution in [0.2, 0.25) is 10.0 Å². The molecule has 3 amide bonds. The van der Waals surface area contributed by atoms with Crippen molar-refractivity contribution in [1.29, 1.82) is 0 Å². The molecule has 1 saturated heterocycles. The lowest BCUT2D eigenvalue weighted by molar-refractivity contribution is -0.116. The van der Waals surface area contributed by atoms with Crippen LogP contribution in [0.1, 0.15) is 31.2 Å². The summed E-state index contributed by atoms with van der Waals surface area (Å²) in [5.41, 5.74) is 1.66. The van der Waals surface area contributed by atoms with Gasteiger partial charge in [-0.15, -0.1) is 0 Å². The SMILES string of the molecule is O=C(/C=C/c1ccc(Cl)cc1)NCCCCCN1CCCN(C(=O)Nc2cccc(Cl)c2)CC1. The summed E-state index contributed by atoms with van der Waals surface area (Å²) in [6.07, 6.45) is 7.36. The number of halogens is 2. The summed E-state index contributed by atoms with van der Waals surface area (Å²) in [6.45, 7) is 5.00. The molecular formula is C26H32Cl2N4O2. The molecule has 1 heterocycles. The number of nitrogens with zero attached hydrogens (tertiary/aromatic N) is 2. The number of hydrogen-bond donors (Lipinski definition) is 2. The van der Waals surface area contributed by atoms with Crippen molar-refractivity contribution < 1.29 is 9.59 Å². The first kappa shape index (κ1) is 26.1. The monoisotopic (exact) mass is 502 g/mol. The number of carbonyl (C=O) groups is 2. The minimum Gasteiger partial charge on any atom is -0.353 e. The molecule has 0 bridgehead atoms. The van der Waals surface area contributed by atoms with Gasteiger partial charge in [-0.25, -0.2) is 4.79 Å². The zero-order chi connectivity index (χ0) is 24.2. The molecule has 0 atom stereocenters. The molecule has 3 rings (SSSR count). The van der Waals surface area contributed by atoms with Gasteiger partial charge in [0.25, 0.3) is 0 Å². The third-order valence-corrected chi connectivity index (χ3v) is 6.19. The van der Waals surface area contributed by atoms with Crippen LogP contribution >= 0.6 is 23.2 Å². The maximum absolute atomic E-state index is 12.6. The highest BCUT2D eigenvalue weighted by atomic mass is 35.5. The zero-order valence-electron chi connectivity index (χ0n) is 19.3. The lowest BCUT2D eigenvalue weighted by Gasteiger charge is -2.22. The van der Waals surface area contributed by atoms with Gasteiger partial charge < -0.3 is 20.4 Å². The predicted molar refractivity (Wildman–Crippen MR) is 140 cm³/mol. The maximum Gasteiger partial charge on any atom is 0.321 e. The van der Waals surface area contributed by atoms with E-state index in [0.29, 0.717) is 28.8 Å². The van der Waals surface area contributed by atoms with E-state index in [2.05, 4.69) is 15.5 Å². The van der Waals surface area contributed by atoms with Crippen LogP contribution < -0.4 is 10.6 Å². The van der Waals surface area contributed by atoms with Gasteiger partial charge in [-0.3, -0.25) is 4.79 Å². The first-order chi connectivity index (χ1) is 16.5. The molecule has 0 aliphatic carbocycles. The molecule has 1 aliphatic heterocycles. The minimum atomic E-state index is -0.0846. The maximum atomic E-state index is 12.6. The average molecular weight is 503 g/mol. The fourth-order valence-electron chi connectivity index (χ4n) is 3.82. The van der Waals surface area contributed by atoms with Crippen LogP contribution in [0.5, 0.6) is 0 Å². The van der Waals surface area contributed by atoms with E-state index in [0.717, 1.165) is 57.4 Å². The van der Waals surface area contributed by atoms with Crippen LogP contribution in [0.4, 0.5) is 10.5 Å². The third-order valence-electron chi connectivity index (χ3n) is 5.70. The number of urea groups is 1. The molecule has 1 aliphatic rings. The number of anilines is 1. The smallest absolute Gasteiger partial charge is 0.321 e. The quantitative estimate of drug-likeness (QED) is 0.349. The van der Waals surface area contributed by atoms with Crippen molar-refractivity contribution >= 4 is 46.9 Å². The molecular weight excluding hydrogens is 471 g/mol. The van der Waals surface area contributed by atoms with Crippen molar-refractivity contribution in [3.05, 3.63) is 70.2 Å². The second-order valence-electron chi connectivity index (χ2n) is 8.36. The fraction of sp³-hybridized carbons (Fsp3) is 0.385. The standard InChI is InChI=1S/C26H32Cl2N4O2/c27-22-11-8-21(9-12-22)10-13-25(33)29-14-2-1-3-15-31-16-5-17-32(19-18-31)26(34)30-24-7-4-6-23(28)20-24/h4,6-13,20H,1-3,5,14-19H2,(H,29,33)(H,30,34)/b13-10+. The number of rotatable bonds is 9. The van der Waals surface area contributed by atoms with Crippen molar-refractivity contribution in [2.24, 2.45) is 0 Å². The first-order valence-corrected chi connectivity index (χ1v) is 12.5. The second kappa shape index (κ2) is 14.0. The summed E-state index contributed by atoms with van der Waals surface area (Å²) >= 11 is 11.9. The summed E-state index contributed by atoms with van der Waals surface area (Å²) in [4.78, 5) is 28.8. The van der Waals surface area contributed by atoms with E-state index >= 15 is 0 Å². The van der Waals surface area contributed by atoms with Gasteiger partial charge in [-0.2, -0.15) is 0 Å². The number of hydrogen-bond acceptors (Lipinski definition) is 3. The molecule has 6 nitrogen and oxygen atoms in total. The van der Waals surface area contributed by atoms with Crippen LogP contribution in [0.3, 0.4) is 0 Å². The van der Waals surface area contributed by atoms with Crippen molar-refractivity contribution in [2.75, 3.05) is 44.6 Å². The van der Waals surface area contributed by atoms with Crippen LogP contribution in [0.25, 0.3) is 6.08 Å². The Balaban J connectivity index is 1.26. The number of carbonyl (C=O) groups excluding carboxylic acids is 2. The lowest BCUT2D eigenvalue weighted by atomic mass is 10.2. The normalized spacial score (nSPS) is 14.7. The molecule has 0 aromatic heterocycles. The summed E-state index contributed by atoms with van der Waals surface area (Å²) in [6, 6.07) is 14.5. The Bertz CT molecular complexity index is 966. The molecule has 0 radical (unpaired) electrons. The second-order valence-corrected chi connectivity index (χ2v) is 9.23. The van der Waals surface area contributed by atoms with Gasteiger partial charge in [0, 0.05) is 48.0 Å². The van der Waals surface area contributed by atoms with Crippen LogP contribution in [0.15, 0.2) is 54.6 Å². The molecule has 182 valence electrons. The Morgan fingerprint density at radius 2 is 1.74 bits per heavy atom. The zero-order valence-corrected chi connectivity index (χ0v) is 20.8. The Morgan fingerprint density at radius 1 is 0.912 bits per heavy atom. The van der Waals surface area contributed by atoms with E-state index in [9.17, 15) is 9.59 Å². The van der Waals surface area contributed by atoms with E-state index in [1.807, 2.05) is 29.2 Å². The van der Waals surface area contributed by atoms with Crippen LogP contribution in [0, 0.1) is 0 Å². The molecule has 2 aromatic carbocycles. The van der Waals surface area contributed by atoms with Crippen molar-refractivity contribution in [2.45, 2.75) is 25.7 Å². The summed E-state index contributed by atoms with van der Waals surface area (Å²) < 4.78 is 0. The summed E-state index contributed by atoms with van der Waals surface area (Å²) in [5, 5.41) is 7.14. The minimum absolute atomic E-state index is 0.0787. The van der Waals surface area contributed by atoms with Crippen molar-refractivity contribution in [3.63, 3.8) is 0 Å². The highest BCUT2D eigenvalue weighted by Crippen LogP contribution is 2.16. The Morgan fingerprint density at radius 3 is 2.53 bits per heavy atom. The average Bonchev–Trinajstić information content (AvgIpc) is 3.07. The number of benzene rings is 2. The van der Waals surface area contributed by atoms with E-state index in [4.69, 9.17) is 23.2 Å². The topological polar surface area (TPSA) is 64.7 Å². The fourth-order valence-corrected chi connectivity index (χ4v) is 4.14. The van der Waals surface area contributed by atoms with E-state index in [-0.39, 0.29) is 11.9 Å². The highest BCUT2D eigenvalue weighted by Gasteiger charge is 2.19. The Labute approximate surface area is 211 Å². The number of nitrogens with one attached hydrogen (secondary N) is 2. The van der Waals surface area contributed by atoms with Crippen LogP contribution in [-0.4, -0.2) is 61.0 Å². The molecule has 8 heteroatoms. The Hall–Kier alpha value is -2.54. The van der Waals surface area contributed by atoms with Gasteiger partial charge in [0.05, 0.1) is 0 Å². The molecule has 34 heavy (non-hydrogen) atoms. The number of amides is 3. The molecule has 1 fully saturated rings. The highest BCUT2D eigenvalue weighted by molar-refractivity contribution is 6.31. The molecule has 0 saturated carbocycles. The van der Waals surface area contributed by atoms with Crippen molar-refractivity contribution in [1.82, 2.24) is 15.1 Å². The van der Waals surface area contributed by atoms with Gasteiger partial charge >= 0.3 is 6.03 Å². The molecule has 2 N–H and O–H groups in total. The number of unbranched alkanes of at least 4 members (excludes halogenated alkanes) is 2. The van der Waals surface area contributed by atoms with Gasteiger partial charge in [-0.1, -0.05) is 47.8 Å². The molecule has 0 unspecified atom stereocenters. The van der Waals surface area contributed by atoms with Crippen LogP contribution in [-0.2, 0) is 4.79 Å². The third kappa shape index (κ3) is 9.37. The van der Waals surface area contributed by atoms with Gasteiger partial charge in [0.2, 0.25) is 5.91 Å². The summed E-state index contributed by atoms with van der Waals surface area (Å²) in [7, 11) is 0. The molecule has 0 spiro atoms. The van der Waals surface area contributed by atoms with Gasteiger partial charge in [0.15, 0.2) is 0 Å².